The summed E-state index contributed by atoms with van der Waals surface area (Å²) in [6.45, 7) is 5.92. The van der Waals surface area contributed by atoms with Crippen molar-refractivity contribution < 1.29 is 4.79 Å². The molecule has 1 amide bonds. The summed E-state index contributed by atoms with van der Waals surface area (Å²) in [6.07, 6.45) is 5.41. The molecule has 0 saturated heterocycles. The third-order valence-electron chi connectivity index (χ3n) is 3.73. The molecule has 1 fully saturated rings. The van der Waals surface area contributed by atoms with Gasteiger partial charge in [0.15, 0.2) is 0 Å². The number of carbonyl (C=O) groups excluding carboxylic acids is 1. The van der Waals surface area contributed by atoms with Gasteiger partial charge in [-0.15, -0.1) is 0 Å². The highest BCUT2D eigenvalue weighted by atomic mass is 16.1. The van der Waals surface area contributed by atoms with Crippen LogP contribution in [0.5, 0.6) is 0 Å². The third-order valence-corrected chi connectivity index (χ3v) is 3.73. The predicted octanol–water partition coefficient (Wildman–Crippen LogP) is 2.68. The zero-order valence-electron chi connectivity index (χ0n) is 11.8. The lowest BCUT2D eigenvalue weighted by molar-refractivity contribution is 0.0942. The molecule has 4 heteroatoms. The maximum absolute atomic E-state index is 12.0. The molecule has 0 bridgehead atoms. The van der Waals surface area contributed by atoms with Crippen molar-refractivity contribution in [3.8, 4) is 0 Å². The van der Waals surface area contributed by atoms with Gasteiger partial charge in [0, 0.05) is 25.0 Å². The van der Waals surface area contributed by atoms with Crippen molar-refractivity contribution >= 4 is 11.6 Å². The zero-order valence-corrected chi connectivity index (χ0v) is 11.8. The van der Waals surface area contributed by atoms with Crippen LogP contribution in [-0.4, -0.2) is 24.0 Å². The average Bonchev–Trinajstić information content (AvgIpc) is 2.82. The number of hydrogen-bond acceptors (Lipinski definition) is 3. The summed E-state index contributed by atoms with van der Waals surface area (Å²) in [5.74, 6) is 1.37. The van der Waals surface area contributed by atoms with Gasteiger partial charge in [-0.25, -0.2) is 0 Å². The highest BCUT2D eigenvalue weighted by Gasteiger charge is 2.21. The molecule has 0 aromatic carbocycles. The second kappa shape index (κ2) is 6.55. The van der Waals surface area contributed by atoms with E-state index in [0.29, 0.717) is 11.6 Å². The van der Waals surface area contributed by atoms with Crippen LogP contribution in [-0.2, 0) is 0 Å². The van der Waals surface area contributed by atoms with E-state index in [1.165, 1.54) is 19.3 Å². The number of amides is 1. The smallest absolute Gasteiger partial charge is 0.269 e. The maximum atomic E-state index is 12.0. The number of anilines is 1. The molecule has 1 aromatic heterocycles. The van der Waals surface area contributed by atoms with Gasteiger partial charge in [0.25, 0.3) is 5.91 Å². The summed E-state index contributed by atoms with van der Waals surface area (Å²) < 4.78 is 0. The molecule has 0 aliphatic heterocycles. The zero-order chi connectivity index (χ0) is 13.7. The molecule has 1 saturated carbocycles. The molecule has 0 radical (unpaired) electrons. The van der Waals surface area contributed by atoms with Crippen LogP contribution < -0.4 is 10.6 Å². The fourth-order valence-corrected chi connectivity index (χ4v) is 2.71. The molecule has 4 nitrogen and oxygen atoms in total. The van der Waals surface area contributed by atoms with E-state index < -0.39 is 0 Å². The number of aromatic nitrogens is 1. The van der Waals surface area contributed by atoms with Gasteiger partial charge in [0.05, 0.1) is 0 Å². The SMILES string of the molecule is CCNc1ccnc(C(=O)NCC2CCC(C)C2)c1. The fourth-order valence-electron chi connectivity index (χ4n) is 2.71. The predicted molar refractivity (Wildman–Crippen MR) is 77.2 cm³/mol. The number of nitrogens with zero attached hydrogens (tertiary/aromatic N) is 1. The van der Waals surface area contributed by atoms with Gasteiger partial charge in [0.1, 0.15) is 5.69 Å². The van der Waals surface area contributed by atoms with E-state index in [0.717, 1.165) is 24.7 Å². The highest BCUT2D eigenvalue weighted by molar-refractivity contribution is 5.93. The molecule has 2 unspecified atom stereocenters. The first-order valence-electron chi connectivity index (χ1n) is 7.17. The monoisotopic (exact) mass is 261 g/mol. The molecule has 2 rings (SSSR count). The first-order chi connectivity index (χ1) is 9.19. The third kappa shape index (κ3) is 3.94. The van der Waals surface area contributed by atoms with Gasteiger partial charge < -0.3 is 10.6 Å². The minimum Gasteiger partial charge on any atom is -0.385 e. The largest absolute Gasteiger partial charge is 0.385 e. The topological polar surface area (TPSA) is 54.0 Å². The molecule has 1 heterocycles. The van der Waals surface area contributed by atoms with Gasteiger partial charge >= 0.3 is 0 Å². The summed E-state index contributed by atoms with van der Waals surface area (Å²) in [5.41, 5.74) is 1.43. The van der Waals surface area contributed by atoms with Crippen LogP contribution in [0.4, 0.5) is 5.69 Å². The van der Waals surface area contributed by atoms with Crippen molar-refractivity contribution in [2.45, 2.75) is 33.1 Å². The van der Waals surface area contributed by atoms with Gasteiger partial charge in [0.2, 0.25) is 0 Å². The molecule has 1 aliphatic rings. The van der Waals surface area contributed by atoms with Gasteiger partial charge in [-0.2, -0.15) is 0 Å². The number of rotatable bonds is 5. The summed E-state index contributed by atoms with van der Waals surface area (Å²) in [6, 6.07) is 3.68. The van der Waals surface area contributed by atoms with Crippen LogP contribution in [0, 0.1) is 11.8 Å². The van der Waals surface area contributed by atoms with Crippen molar-refractivity contribution in [1.29, 1.82) is 0 Å². The van der Waals surface area contributed by atoms with E-state index >= 15 is 0 Å². The molecular weight excluding hydrogens is 238 g/mol. The first kappa shape index (κ1) is 13.8. The van der Waals surface area contributed by atoms with Crippen LogP contribution in [0.3, 0.4) is 0 Å². The molecule has 19 heavy (non-hydrogen) atoms. The number of nitrogens with one attached hydrogen (secondary N) is 2. The van der Waals surface area contributed by atoms with E-state index in [1.807, 2.05) is 13.0 Å². The van der Waals surface area contributed by atoms with Crippen LogP contribution in [0.2, 0.25) is 0 Å². The summed E-state index contributed by atoms with van der Waals surface area (Å²) in [7, 11) is 0. The number of pyridine rings is 1. The minimum absolute atomic E-state index is 0.0701. The molecule has 2 atom stereocenters. The highest BCUT2D eigenvalue weighted by Crippen LogP contribution is 2.29. The van der Waals surface area contributed by atoms with E-state index in [9.17, 15) is 4.79 Å². The summed E-state index contributed by atoms with van der Waals surface area (Å²) in [4.78, 5) is 16.2. The Morgan fingerprint density at radius 1 is 1.47 bits per heavy atom. The minimum atomic E-state index is -0.0701. The lowest BCUT2D eigenvalue weighted by atomic mass is 10.1. The Morgan fingerprint density at radius 3 is 3.00 bits per heavy atom. The molecule has 2 N–H and O–H groups in total. The molecular formula is C15H23N3O. The first-order valence-corrected chi connectivity index (χ1v) is 7.17. The quantitative estimate of drug-likeness (QED) is 0.857. The van der Waals surface area contributed by atoms with E-state index in [2.05, 4.69) is 22.5 Å². The van der Waals surface area contributed by atoms with Gasteiger partial charge in [-0.3, -0.25) is 9.78 Å². The van der Waals surface area contributed by atoms with Crippen molar-refractivity contribution in [2.24, 2.45) is 11.8 Å². The Kier molecular flexibility index (Phi) is 4.77. The number of hydrogen-bond donors (Lipinski definition) is 2. The summed E-state index contributed by atoms with van der Waals surface area (Å²) in [5, 5.41) is 6.19. The second-order valence-corrected chi connectivity index (χ2v) is 5.45. The van der Waals surface area contributed by atoms with E-state index in [-0.39, 0.29) is 5.91 Å². The Bertz CT molecular complexity index is 433. The van der Waals surface area contributed by atoms with Crippen molar-refractivity contribution in [1.82, 2.24) is 10.3 Å². The summed E-state index contributed by atoms with van der Waals surface area (Å²) >= 11 is 0. The molecule has 1 aliphatic carbocycles. The standard InChI is InChI=1S/C15H23N3O/c1-3-16-13-6-7-17-14(9-13)15(19)18-10-12-5-4-11(2)8-12/h6-7,9,11-12H,3-5,8,10H2,1-2H3,(H,16,17)(H,18,19). The average molecular weight is 261 g/mol. The van der Waals surface area contributed by atoms with Gasteiger partial charge in [-0.1, -0.05) is 13.3 Å². The van der Waals surface area contributed by atoms with Crippen molar-refractivity contribution in [2.75, 3.05) is 18.4 Å². The molecule has 0 spiro atoms. The lowest BCUT2D eigenvalue weighted by Crippen LogP contribution is -2.29. The van der Waals surface area contributed by atoms with Crippen molar-refractivity contribution in [3.63, 3.8) is 0 Å². The van der Waals surface area contributed by atoms with Crippen LogP contribution in [0.15, 0.2) is 18.3 Å². The second-order valence-electron chi connectivity index (χ2n) is 5.45. The Morgan fingerprint density at radius 2 is 2.32 bits per heavy atom. The molecule has 1 aromatic rings. The number of carbonyl (C=O) groups is 1. The molecule has 104 valence electrons. The Hall–Kier alpha value is -1.58. The fraction of sp³-hybridized carbons (Fsp3) is 0.600. The normalized spacial score (nSPS) is 22.2. The van der Waals surface area contributed by atoms with Crippen molar-refractivity contribution in [3.05, 3.63) is 24.0 Å². The van der Waals surface area contributed by atoms with Crippen LogP contribution in [0.25, 0.3) is 0 Å². The van der Waals surface area contributed by atoms with Crippen LogP contribution in [0.1, 0.15) is 43.6 Å². The van der Waals surface area contributed by atoms with E-state index in [4.69, 9.17) is 0 Å². The van der Waals surface area contributed by atoms with Crippen LogP contribution >= 0.6 is 0 Å². The Balaban J connectivity index is 1.87. The van der Waals surface area contributed by atoms with Gasteiger partial charge in [-0.05, 0) is 43.7 Å². The van der Waals surface area contributed by atoms with E-state index in [1.54, 1.807) is 12.3 Å². The maximum Gasteiger partial charge on any atom is 0.269 e. The lowest BCUT2D eigenvalue weighted by Gasteiger charge is -2.11. The Labute approximate surface area is 115 Å².